The number of carbonyl (C=O) groups excluding carboxylic acids is 1. The van der Waals surface area contributed by atoms with Gasteiger partial charge in [-0.2, -0.15) is 4.98 Å². The zero-order chi connectivity index (χ0) is 19.9. The van der Waals surface area contributed by atoms with Crippen LogP contribution >= 0.6 is 0 Å². The van der Waals surface area contributed by atoms with E-state index in [1.165, 1.54) is 5.56 Å². The van der Waals surface area contributed by atoms with Gasteiger partial charge in [-0.05, 0) is 38.5 Å². The molecule has 3 rings (SSSR count). The van der Waals surface area contributed by atoms with Crippen LogP contribution in [0.4, 0.5) is 17.5 Å². The molecule has 28 heavy (non-hydrogen) atoms. The quantitative estimate of drug-likeness (QED) is 0.573. The summed E-state index contributed by atoms with van der Waals surface area (Å²) in [6.07, 6.45) is 0. The lowest BCUT2D eigenvalue weighted by Gasteiger charge is -2.16. The van der Waals surface area contributed by atoms with E-state index >= 15 is 0 Å². The SMILES string of the molecule is CCOC(=O)c1ccccc1Nc1nc(C)cc(NC(C)c2ccccc2)n1. The van der Waals surface area contributed by atoms with Crippen molar-refractivity contribution in [2.75, 3.05) is 17.2 Å². The Kier molecular flexibility index (Phi) is 6.22. The second-order valence-corrected chi connectivity index (χ2v) is 6.39. The van der Waals surface area contributed by atoms with Gasteiger partial charge in [0.05, 0.1) is 17.9 Å². The molecule has 0 amide bonds. The largest absolute Gasteiger partial charge is 0.462 e. The number of aromatic nitrogens is 2. The minimum absolute atomic E-state index is 0.0927. The van der Waals surface area contributed by atoms with E-state index < -0.39 is 0 Å². The van der Waals surface area contributed by atoms with E-state index in [1.807, 2.05) is 37.3 Å². The van der Waals surface area contributed by atoms with Gasteiger partial charge in [0, 0.05) is 17.8 Å². The van der Waals surface area contributed by atoms with Crippen molar-refractivity contribution >= 4 is 23.4 Å². The molecule has 0 spiro atoms. The van der Waals surface area contributed by atoms with Crippen molar-refractivity contribution in [3.63, 3.8) is 0 Å². The van der Waals surface area contributed by atoms with Gasteiger partial charge in [-0.1, -0.05) is 42.5 Å². The first-order valence-corrected chi connectivity index (χ1v) is 9.27. The van der Waals surface area contributed by atoms with Gasteiger partial charge in [-0.15, -0.1) is 0 Å². The Labute approximate surface area is 165 Å². The van der Waals surface area contributed by atoms with E-state index in [0.29, 0.717) is 29.6 Å². The molecule has 0 radical (unpaired) electrons. The normalized spacial score (nSPS) is 11.5. The lowest BCUT2D eigenvalue weighted by atomic mass is 10.1. The zero-order valence-corrected chi connectivity index (χ0v) is 16.3. The number of esters is 1. The topological polar surface area (TPSA) is 76.1 Å². The molecule has 0 aliphatic carbocycles. The number of benzene rings is 2. The second-order valence-electron chi connectivity index (χ2n) is 6.39. The van der Waals surface area contributed by atoms with Crippen LogP contribution in [0.25, 0.3) is 0 Å². The minimum atomic E-state index is -0.380. The van der Waals surface area contributed by atoms with Crippen LogP contribution in [0.5, 0.6) is 0 Å². The van der Waals surface area contributed by atoms with Gasteiger partial charge < -0.3 is 15.4 Å². The molecule has 2 N–H and O–H groups in total. The fourth-order valence-electron chi connectivity index (χ4n) is 2.84. The number of ether oxygens (including phenoxy) is 1. The average molecular weight is 376 g/mol. The third-order valence-electron chi connectivity index (χ3n) is 4.19. The molecule has 0 saturated heterocycles. The summed E-state index contributed by atoms with van der Waals surface area (Å²) in [4.78, 5) is 21.2. The van der Waals surface area contributed by atoms with Gasteiger partial charge in [0.1, 0.15) is 5.82 Å². The number of carbonyl (C=O) groups is 1. The lowest BCUT2D eigenvalue weighted by molar-refractivity contribution is 0.0527. The fraction of sp³-hybridized carbons (Fsp3) is 0.227. The molecular weight excluding hydrogens is 352 g/mol. The standard InChI is InChI=1S/C22H24N4O2/c1-4-28-21(27)18-12-8-9-13-19(18)25-22-23-15(2)14-20(26-22)24-16(3)17-10-6-5-7-11-17/h5-14,16H,4H2,1-3H3,(H2,23,24,25,26). The van der Waals surface area contributed by atoms with Crippen molar-refractivity contribution in [2.45, 2.75) is 26.8 Å². The molecule has 1 aromatic heterocycles. The van der Waals surface area contributed by atoms with Crippen molar-refractivity contribution < 1.29 is 9.53 Å². The van der Waals surface area contributed by atoms with Gasteiger partial charge in [0.15, 0.2) is 0 Å². The maximum atomic E-state index is 12.2. The first-order valence-electron chi connectivity index (χ1n) is 9.27. The first-order chi connectivity index (χ1) is 13.6. The van der Waals surface area contributed by atoms with Crippen molar-refractivity contribution in [3.05, 3.63) is 77.5 Å². The molecule has 0 bridgehead atoms. The minimum Gasteiger partial charge on any atom is -0.462 e. The van der Waals surface area contributed by atoms with Crippen molar-refractivity contribution in [1.29, 1.82) is 0 Å². The molecular formula is C22H24N4O2. The Hall–Kier alpha value is -3.41. The van der Waals surface area contributed by atoms with Crippen molar-refractivity contribution in [2.24, 2.45) is 0 Å². The highest BCUT2D eigenvalue weighted by Crippen LogP contribution is 2.23. The molecule has 1 unspecified atom stereocenters. The molecule has 0 fully saturated rings. The number of para-hydroxylation sites is 1. The summed E-state index contributed by atoms with van der Waals surface area (Å²) in [5.74, 6) is 0.744. The molecule has 6 nitrogen and oxygen atoms in total. The van der Waals surface area contributed by atoms with Gasteiger partial charge in [0.2, 0.25) is 5.95 Å². The van der Waals surface area contributed by atoms with E-state index in [2.05, 4.69) is 39.7 Å². The summed E-state index contributed by atoms with van der Waals surface area (Å²) in [5.41, 5.74) is 3.03. The van der Waals surface area contributed by atoms with Gasteiger partial charge >= 0.3 is 5.97 Å². The number of nitrogens with one attached hydrogen (secondary N) is 2. The Morgan fingerprint density at radius 1 is 1.07 bits per heavy atom. The summed E-state index contributed by atoms with van der Waals surface area (Å²) in [7, 11) is 0. The molecule has 1 atom stereocenters. The van der Waals surface area contributed by atoms with Gasteiger partial charge in [0.25, 0.3) is 0 Å². The van der Waals surface area contributed by atoms with Crippen LogP contribution in [0.2, 0.25) is 0 Å². The first kappa shape index (κ1) is 19.4. The third kappa shape index (κ3) is 4.85. The van der Waals surface area contributed by atoms with Crippen LogP contribution < -0.4 is 10.6 Å². The van der Waals surface area contributed by atoms with E-state index in [4.69, 9.17) is 4.74 Å². The molecule has 0 aliphatic rings. The maximum absolute atomic E-state index is 12.2. The monoisotopic (exact) mass is 376 g/mol. The number of rotatable bonds is 7. The van der Waals surface area contributed by atoms with E-state index in [0.717, 1.165) is 5.69 Å². The predicted octanol–water partition coefficient (Wildman–Crippen LogP) is 4.88. The molecule has 144 valence electrons. The van der Waals surface area contributed by atoms with Crippen LogP contribution in [-0.2, 0) is 4.74 Å². The van der Waals surface area contributed by atoms with Gasteiger partial charge in [-0.3, -0.25) is 0 Å². The summed E-state index contributed by atoms with van der Waals surface area (Å²) in [6, 6.07) is 19.3. The smallest absolute Gasteiger partial charge is 0.340 e. The summed E-state index contributed by atoms with van der Waals surface area (Å²) in [6.45, 7) is 6.08. The summed E-state index contributed by atoms with van der Waals surface area (Å²) < 4.78 is 5.12. The maximum Gasteiger partial charge on any atom is 0.340 e. The van der Waals surface area contributed by atoms with Crippen LogP contribution in [0.15, 0.2) is 60.7 Å². The highest BCUT2D eigenvalue weighted by Gasteiger charge is 2.14. The Balaban J connectivity index is 1.82. The Morgan fingerprint density at radius 3 is 2.54 bits per heavy atom. The molecule has 1 heterocycles. The Morgan fingerprint density at radius 2 is 1.79 bits per heavy atom. The van der Waals surface area contributed by atoms with Crippen LogP contribution in [0, 0.1) is 6.92 Å². The molecule has 2 aromatic carbocycles. The third-order valence-corrected chi connectivity index (χ3v) is 4.19. The highest BCUT2D eigenvalue weighted by atomic mass is 16.5. The number of aryl methyl sites for hydroxylation is 1. The predicted molar refractivity (Wildman–Crippen MR) is 111 cm³/mol. The summed E-state index contributed by atoms with van der Waals surface area (Å²) in [5, 5.41) is 6.54. The number of hydrogen-bond acceptors (Lipinski definition) is 6. The highest BCUT2D eigenvalue weighted by molar-refractivity contribution is 5.96. The van der Waals surface area contributed by atoms with Crippen LogP contribution in [0.3, 0.4) is 0 Å². The van der Waals surface area contributed by atoms with E-state index in [9.17, 15) is 4.79 Å². The average Bonchev–Trinajstić information content (AvgIpc) is 2.69. The molecule has 3 aromatic rings. The molecule has 6 heteroatoms. The van der Waals surface area contributed by atoms with Crippen molar-refractivity contribution in [1.82, 2.24) is 9.97 Å². The number of anilines is 3. The molecule has 0 aliphatic heterocycles. The number of nitrogens with zero attached hydrogens (tertiary/aromatic N) is 2. The number of hydrogen-bond donors (Lipinski definition) is 2. The summed E-state index contributed by atoms with van der Waals surface area (Å²) >= 11 is 0. The van der Waals surface area contributed by atoms with Crippen LogP contribution in [-0.4, -0.2) is 22.5 Å². The lowest BCUT2D eigenvalue weighted by Crippen LogP contribution is -2.11. The van der Waals surface area contributed by atoms with E-state index in [-0.39, 0.29) is 12.0 Å². The van der Waals surface area contributed by atoms with Gasteiger partial charge in [-0.25, -0.2) is 9.78 Å². The zero-order valence-electron chi connectivity index (χ0n) is 16.3. The second kappa shape index (κ2) is 8.99. The molecule has 0 saturated carbocycles. The fourth-order valence-corrected chi connectivity index (χ4v) is 2.84. The van der Waals surface area contributed by atoms with Crippen molar-refractivity contribution in [3.8, 4) is 0 Å². The Bertz CT molecular complexity index is 944. The van der Waals surface area contributed by atoms with E-state index in [1.54, 1.807) is 25.1 Å². The van der Waals surface area contributed by atoms with Crippen LogP contribution in [0.1, 0.15) is 41.5 Å².